The van der Waals surface area contributed by atoms with Gasteiger partial charge in [0.25, 0.3) is 0 Å². The molecule has 3 aromatic rings. The fourth-order valence-corrected chi connectivity index (χ4v) is 2.17. The molecule has 2 N–H and O–H groups in total. The Kier molecular flexibility index (Phi) is 2.81. The van der Waals surface area contributed by atoms with E-state index in [4.69, 9.17) is 5.73 Å². The fourth-order valence-electron chi connectivity index (χ4n) is 2.17. The molecule has 0 aliphatic carbocycles. The summed E-state index contributed by atoms with van der Waals surface area (Å²) in [5.41, 5.74) is 8.29. The molecule has 0 aliphatic rings. The van der Waals surface area contributed by atoms with Crippen LogP contribution >= 0.6 is 0 Å². The monoisotopic (exact) mass is 263 g/mol. The van der Waals surface area contributed by atoms with Gasteiger partial charge in [0.2, 0.25) is 0 Å². The van der Waals surface area contributed by atoms with E-state index in [9.17, 15) is 9.65 Å². The summed E-state index contributed by atoms with van der Waals surface area (Å²) in [5, 5.41) is 10.1. The van der Waals surface area contributed by atoms with Crippen LogP contribution in [0.5, 0.6) is 0 Å². The lowest BCUT2D eigenvalue weighted by atomic mass is 10.00. The van der Waals surface area contributed by atoms with Gasteiger partial charge in [-0.3, -0.25) is 0 Å². The average Bonchev–Trinajstić information content (AvgIpc) is 2.48. The molecule has 0 atom stereocenters. The van der Waals surface area contributed by atoms with Crippen molar-refractivity contribution in [3.05, 3.63) is 60.0 Å². The third kappa shape index (κ3) is 1.95. The molecule has 0 saturated carbocycles. The number of hydrogen-bond acceptors (Lipinski definition) is 3. The molecule has 0 saturated heterocycles. The maximum absolute atomic E-state index is 13.4. The molecule has 2 aromatic carbocycles. The molecular weight excluding hydrogens is 253 g/mol. The first-order valence-corrected chi connectivity index (χ1v) is 6.04. The zero-order chi connectivity index (χ0) is 14.1. The van der Waals surface area contributed by atoms with Gasteiger partial charge >= 0.3 is 0 Å². The number of nitrogens with zero attached hydrogens (tertiary/aromatic N) is 2. The number of pyridine rings is 1. The molecular formula is C16H10FN3. The Morgan fingerprint density at radius 1 is 1.05 bits per heavy atom. The Labute approximate surface area is 115 Å². The summed E-state index contributed by atoms with van der Waals surface area (Å²) in [6.45, 7) is 0. The highest BCUT2D eigenvalue weighted by Crippen LogP contribution is 2.31. The second-order valence-corrected chi connectivity index (χ2v) is 4.42. The van der Waals surface area contributed by atoms with Crippen LogP contribution in [0.3, 0.4) is 0 Å². The zero-order valence-electron chi connectivity index (χ0n) is 10.5. The van der Waals surface area contributed by atoms with Crippen molar-refractivity contribution < 1.29 is 4.39 Å². The van der Waals surface area contributed by atoms with Gasteiger partial charge in [0.1, 0.15) is 17.6 Å². The summed E-state index contributed by atoms with van der Waals surface area (Å²) in [6, 6.07) is 15.4. The molecule has 0 unspecified atom stereocenters. The minimum atomic E-state index is -0.397. The van der Waals surface area contributed by atoms with E-state index < -0.39 is 5.82 Å². The molecule has 1 heterocycles. The first kappa shape index (κ1) is 12.1. The SMILES string of the molecule is N#Cc1nc2ccccc2cc1-c1cc(F)ccc1N. The molecule has 4 heteroatoms. The van der Waals surface area contributed by atoms with Crippen molar-refractivity contribution in [2.75, 3.05) is 5.73 Å². The fraction of sp³-hybridized carbons (Fsp3) is 0. The van der Waals surface area contributed by atoms with Crippen LogP contribution in [0, 0.1) is 17.1 Å². The summed E-state index contributed by atoms with van der Waals surface area (Å²) < 4.78 is 13.4. The van der Waals surface area contributed by atoms with Crippen LogP contribution in [0.15, 0.2) is 48.5 Å². The minimum absolute atomic E-state index is 0.237. The lowest BCUT2D eigenvalue weighted by Crippen LogP contribution is -1.96. The van der Waals surface area contributed by atoms with E-state index in [1.807, 2.05) is 36.4 Å². The van der Waals surface area contributed by atoms with E-state index in [2.05, 4.69) is 4.98 Å². The molecule has 0 fully saturated rings. The van der Waals surface area contributed by atoms with Crippen molar-refractivity contribution in [2.45, 2.75) is 0 Å². The van der Waals surface area contributed by atoms with E-state index in [0.717, 1.165) is 10.9 Å². The van der Waals surface area contributed by atoms with E-state index in [0.29, 0.717) is 16.8 Å². The van der Waals surface area contributed by atoms with Gasteiger partial charge in [0, 0.05) is 22.2 Å². The molecule has 0 radical (unpaired) electrons. The number of rotatable bonds is 1. The Morgan fingerprint density at radius 2 is 1.85 bits per heavy atom. The van der Waals surface area contributed by atoms with Gasteiger partial charge in [-0.05, 0) is 30.3 Å². The second kappa shape index (κ2) is 4.63. The van der Waals surface area contributed by atoms with Gasteiger partial charge < -0.3 is 5.73 Å². The highest BCUT2D eigenvalue weighted by molar-refractivity contribution is 5.89. The summed E-state index contributed by atoms with van der Waals surface area (Å²) >= 11 is 0. The van der Waals surface area contributed by atoms with E-state index in [-0.39, 0.29) is 5.69 Å². The highest BCUT2D eigenvalue weighted by Gasteiger charge is 2.12. The smallest absolute Gasteiger partial charge is 0.149 e. The molecule has 3 rings (SSSR count). The lowest BCUT2D eigenvalue weighted by molar-refractivity contribution is 0.628. The highest BCUT2D eigenvalue weighted by atomic mass is 19.1. The Hall–Kier alpha value is -2.93. The Balaban J connectivity index is 2.35. The van der Waals surface area contributed by atoms with E-state index in [1.165, 1.54) is 18.2 Å². The van der Waals surface area contributed by atoms with Crippen LogP contribution in [-0.4, -0.2) is 4.98 Å². The van der Waals surface area contributed by atoms with Crippen molar-refractivity contribution >= 4 is 16.6 Å². The quantitative estimate of drug-likeness (QED) is 0.683. The van der Waals surface area contributed by atoms with Crippen molar-refractivity contribution in [1.82, 2.24) is 4.98 Å². The molecule has 0 bridgehead atoms. The van der Waals surface area contributed by atoms with E-state index in [1.54, 1.807) is 0 Å². The molecule has 1 aromatic heterocycles. The largest absolute Gasteiger partial charge is 0.398 e. The standard InChI is InChI=1S/C16H10FN3/c17-11-5-6-14(19)12(8-11)13-7-10-3-1-2-4-15(10)20-16(13)9-18/h1-8H,19H2. The van der Waals surface area contributed by atoms with Gasteiger partial charge in [0.15, 0.2) is 0 Å². The third-order valence-electron chi connectivity index (χ3n) is 3.14. The van der Waals surface area contributed by atoms with Crippen molar-refractivity contribution in [1.29, 1.82) is 5.26 Å². The van der Waals surface area contributed by atoms with Crippen molar-refractivity contribution in [3.8, 4) is 17.2 Å². The molecule has 20 heavy (non-hydrogen) atoms. The molecule has 0 spiro atoms. The van der Waals surface area contributed by atoms with Gasteiger partial charge in [-0.15, -0.1) is 0 Å². The van der Waals surface area contributed by atoms with E-state index >= 15 is 0 Å². The maximum Gasteiger partial charge on any atom is 0.149 e. The van der Waals surface area contributed by atoms with Crippen LogP contribution in [-0.2, 0) is 0 Å². The number of benzene rings is 2. The molecule has 0 amide bonds. The van der Waals surface area contributed by atoms with Crippen LogP contribution < -0.4 is 5.73 Å². The summed E-state index contributed by atoms with van der Waals surface area (Å²) in [6.07, 6.45) is 0. The number of hydrogen-bond donors (Lipinski definition) is 1. The van der Waals surface area contributed by atoms with Crippen LogP contribution in [0.2, 0.25) is 0 Å². The number of para-hydroxylation sites is 1. The molecule has 3 nitrogen and oxygen atoms in total. The van der Waals surface area contributed by atoms with Gasteiger partial charge in [-0.2, -0.15) is 5.26 Å². The predicted octanol–water partition coefficient (Wildman–Crippen LogP) is 3.49. The zero-order valence-corrected chi connectivity index (χ0v) is 10.5. The maximum atomic E-state index is 13.4. The Bertz CT molecular complexity index is 850. The van der Waals surface area contributed by atoms with Crippen LogP contribution in [0.25, 0.3) is 22.0 Å². The third-order valence-corrected chi connectivity index (χ3v) is 3.14. The molecule has 96 valence electrons. The number of fused-ring (bicyclic) bond motifs is 1. The minimum Gasteiger partial charge on any atom is -0.398 e. The van der Waals surface area contributed by atoms with Crippen LogP contribution in [0.4, 0.5) is 10.1 Å². The summed E-state index contributed by atoms with van der Waals surface area (Å²) in [7, 11) is 0. The summed E-state index contributed by atoms with van der Waals surface area (Å²) in [5.74, 6) is -0.397. The van der Waals surface area contributed by atoms with Gasteiger partial charge in [0.05, 0.1) is 5.52 Å². The first-order valence-electron chi connectivity index (χ1n) is 6.04. The molecule has 0 aliphatic heterocycles. The number of anilines is 1. The first-order chi connectivity index (χ1) is 9.69. The lowest BCUT2D eigenvalue weighted by Gasteiger charge is -2.09. The number of nitrogen functional groups attached to an aromatic ring is 1. The topological polar surface area (TPSA) is 62.7 Å². The number of nitrogens with two attached hydrogens (primary N) is 1. The van der Waals surface area contributed by atoms with Gasteiger partial charge in [-0.1, -0.05) is 18.2 Å². The average molecular weight is 263 g/mol. The number of aromatic nitrogens is 1. The normalized spacial score (nSPS) is 10.4. The Morgan fingerprint density at radius 3 is 2.65 bits per heavy atom. The van der Waals surface area contributed by atoms with Crippen molar-refractivity contribution in [3.63, 3.8) is 0 Å². The number of halogens is 1. The van der Waals surface area contributed by atoms with Crippen LogP contribution in [0.1, 0.15) is 5.69 Å². The van der Waals surface area contributed by atoms with Gasteiger partial charge in [-0.25, -0.2) is 9.37 Å². The van der Waals surface area contributed by atoms with Crippen molar-refractivity contribution in [2.24, 2.45) is 0 Å². The summed E-state index contributed by atoms with van der Waals surface area (Å²) in [4.78, 5) is 4.30. The second-order valence-electron chi connectivity index (χ2n) is 4.42. The number of nitriles is 1. The predicted molar refractivity (Wildman–Crippen MR) is 76.3 cm³/mol.